The molecule has 120 valence electrons. The fraction of sp³-hybridized carbons (Fsp3) is 0.688. The fourth-order valence-corrected chi connectivity index (χ4v) is 2.52. The summed E-state index contributed by atoms with van der Waals surface area (Å²) in [5.74, 6) is 1.99. The molecule has 1 aliphatic rings. The number of hydrogen-bond donors (Lipinski definition) is 2. The van der Waals surface area contributed by atoms with Crippen molar-refractivity contribution in [1.29, 1.82) is 0 Å². The molecule has 1 fully saturated rings. The van der Waals surface area contributed by atoms with Crippen LogP contribution in [0.3, 0.4) is 0 Å². The minimum absolute atomic E-state index is 0. The van der Waals surface area contributed by atoms with Crippen molar-refractivity contribution in [2.45, 2.75) is 57.9 Å². The van der Waals surface area contributed by atoms with E-state index < -0.39 is 0 Å². The summed E-state index contributed by atoms with van der Waals surface area (Å²) in [6.07, 6.45) is 10.2. The Bertz CT molecular complexity index is 386. The molecule has 21 heavy (non-hydrogen) atoms. The van der Waals surface area contributed by atoms with Crippen molar-refractivity contribution in [2.24, 2.45) is 4.99 Å². The van der Waals surface area contributed by atoms with E-state index in [1.807, 2.05) is 12.1 Å². The number of unbranched alkanes of at least 4 members (excludes halogenated alkanes) is 1. The first-order valence-electron chi connectivity index (χ1n) is 7.95. The average Bonchev–Trinajstić information content (AvgIpc) is 3.12. The van der Waals surface area contributed by atoms with E-state index in [4.69, 9.17) is 4.42 Å². The van der Waals surface area contributed by atoms with Crippen LogP contribution in [-0.2, 0) is 6.42 Å². The van der Waals surface area contributed by atoms with E-state index >= 15 is 0 Å². The molecule has 0 atom stereocenters. The average molecular weight is 405 g/mol. The third kappa shape index (κ3) is 7.20. The lowest BCUT2D eigenvalue weighted by atomic mass is 10.2. The lowest BCUT2D eigenvalue weighted by molar-refractivity contribution is 0.506. The van der Waals surface area contributed by atoms with E-state index in [1.54, 1.807) is 6.26 Å². The van der Waals surface area contributed by atoms with Crippen LogP contribution in [0.4, 0.5) is 0 Å². The van der Waals surface area contributed by atoms with Gasteiger partial charge in [-0.2, -0.15) is 0 Å². The zero-order valence-corrected chi connectivity index (χ0v) is 15.3. The predicted molar refractivity (Wildman–Crippen MR) is 98.4 cm³/mol. The van der Waals surface area contributed by atoms with E-state index in [0.29, 0.717) is 6.04 Å². The maximum atomic E-state index is 5.35. The molecule has 0 aromatic carbocycles. The Labute approximate surface area is 145 Å². The summed E-state index contributed by atoms with van der Waals surface area (Å²) < 4.78 is 5.35. The second-order valence-corrected chi connectivity index (χ2v) is 5.47. The van der Waals surface area contributed by atoms with Crippen LogP contribution < -0.4 is 10.6 Å². The molecule has 4 nitrogen and oxygen atoms in total. The van der Waals surface area contributed by atoms with Gasteiger partial charge < -0.3 is 15.1 Å². The lowest BCUT2D eigenvalue weighted by Gasteiger charge is -2.17. The Morgan fingerprint density at radius 2 is 2.19 bits per heavy atom. The number of nitrogens with one attached hydrogen (secondary N) is 2. The summed E-state index contributed by atoms with van der Waals surface area (Å²) in [5.41, 5.74) is 0. The van der Waals surface area contributed by atoms with Crippen molar-refractivity contribution in [3.63, 3.8) is 0 Å². The highest BCUT2D eigenvalue weighted by Crippen LogP contribution is 2.17. The molecule has 5 heteroatoms. The van der Waals surface area contributed by atoms with Crippen LogP contribution in [0.15, 0.2) is 27.8 Å². The molecule has 0 aliphatic heterocycles. The zero-order valence-electron chi connectivity index (χ0n) is 12.9. The van der Waals surface area contributed by atoms with Crippen LogP contribution in [0, 0.1) is 0 Å². The largest absolute Gasteiger partial charge is 0.469 e. The number of guanidine groups is 1. The molecule has 0 unspecified atom stereocenters. The number of nitrogens with zero attached hydrogens (tertiary/aromatic N) is 1. The minimum atomic E-state index is 0. The topological polar surface area (TPSA) is 49.6 Å². The van der Waals surface area contributed by atoms with Crippen LogP contribution in [0.1, 0.15) is 51.2 Å². The number of halogens is 1. The molecular weight excluding hydrogens is 377 g/mol. The molecular formula is C16H28IN3O. The maximum absolute atomic E-state index is 5.35. The van der Waals surface area contributed by atoms with Crippen molar-refractivity contribution < 1.29 is 4.42 Å². The third-order valence-electron chi connectivity index (χ3n) is 3.72. The van der Waals surface area contributed by atoms with Crippen molar-refractivity contribution in [3.05, 3.63) is 24.2 Å². The van der Waals surface area contributed by atoms with Gasteiger partial charge in [-0.1, -0.05) is 26.2 Å². The molecule has 1 aromatic rings. The maximum Gasteiger partial charge on any atom is 0.191 e. The number of rotatable bonds is 7. The van der Waals surface area contributed by atoms with Crippen LogP contribution in [0.2, 0.25) is 0 Å². The molecule has 1 heterocycles. The van der Waals surface area contributed by atoms with Gasteiger partial charge in [-0.05, 0) is 31.4 Å². The molecule has 0 radical (unpaired) electrons. The van der Waals surface area contributed by atoms with Crippen molar-refractivity contribution in [2.75, 3.05) is 13.1 Å². The van der Waals surface area contributed by atoms with E-state index in [-0.39, 0.29) is 24.0 Å². The standard InChI is InChI=1S/C16H27N3O.HI/c1-2-3-11-17-16(19-14-7-4-5-8-14)18-12-10-15-9-6-13-20-15;/h6,9,13-14H,2-5,7-8,10-12H2,1H3,(H2,17,18,19);1H. The van der Waals surface area contributed by atoms with Crippen LogP contribution >= 0.6 is 24.0 Å². The normalized spacial score (nSPS) is 15.8. The highest BCUT2D eigenvalue weighted by molar-refractivity contribution is 14.0. The monoisotopic (exact) mass is 405 g/mol. The van der Waals surface area contributed by atoms with Crippen LogP contribution in [-0.4, -0.2) is 25.1 Å². The first-order chi connectivity index (χ1) is 9.88. The van der Waals surface area contributed by atoms with Gasteiger partial charge in [-0.25, -0.2) is 0 Å². The first kappa shape index (κ1) is 18.3. The third-order valence-corrected chi connectivity index (χ3v) is 3.72. The molecule has 1 saturated carbocycles. The molecule has 1 aliphatic carbocycles. The second-order valence-electron chi connectivity index (χ2n) is 5.47. The van der Waals surface area contributed by atoms with Gasteiger partial charge in [0.25, 0.3) is 0 Å². The first-order valence-corrected chi connectivity index (χ1v) is 7.95. The van der Waals surface area contributed by atoms with Gasteiger partial charge in [-0.3, -0.25) is 4.99 Å². The number of aliphatic imine (C=N–C) groups is 1. The van der Waals surface area contributed by atoms with Gasteiger partial charge in [-0.15, -0.1) is 24.0 Å². The number of hydrogen-bond acceptors (Lipinski definition) is 2. The highest BCUT2D eigenvalue weighted by Gasteiger charge is 2.15. The van der Waals surface area contributed by atoms with Gasteiger partial charge >= 0.3 is 0 Å². The van der Waals surface area contributed by atoms with Crippen LogP contribution in [0.25, 0.3) is 0 Å². The Morgan fingerprint density at radius 1 is 1.38 bits per heavy atom. The van der Waals surface area contributed by atoms with Gasteiger partial charge in [0.05, 0.1) is 6.26 Å². The molecule has 1 aromatic heterocycles. The summed E-state index contributed by atoms with van der Waals surface area (Å²) in [7, 11) is 0. The van der Waals surface area contributed by atoms with E-state index in [2.05, 4.69) is 22.5 Å². The molecule has 0 spiro atoms. The second kappa shape index (κ2) is 10.9. The van der Waals surface area contributed by atoms with Crippen molar-refractivity contribution in [1.82, 2.24) is 10.6 Å². The fourth-order valence-electron chi connectivity index (χ4n) is 2.52. The lowest BCUT2D eigenvalue weighted by Crippen LogP contribution is -2.43. The molecule has 0 saturated heterocycles. The zero-order chi connectivity index (χ0) is 14.0. The smallest absolute Gasteiger partial charge is 0.191 e. The quantitative estimate of drug-likeness (QED) is 0.315. The molecule has 2 N–H and O–H groups in total. The molecule has 0 amide bonds. The summed E-state index contributed by atoms with van der Waals surface area (Å²) in [6.45, 7) is 3.96. The Morgan fingerprint density at radius 3 is 2.86 bits per heavy atom. The van der Waals surface area contributed by atoms with Gasteiger partial charge in [0.1, 0.15) is 5.76 Å². The highest BCUT2D eigenvalue weighted by atomic mass is 127. The van der Waals surface area contributed by atoms with Gasteiger partial charge in [0.15, 0.2) is 5.96 Å². The van der Waals surface area contributed by atoms with E-state index in [1.165, 1.54) is 32.1 Å². The summed E-state index contributed by atoms with van der Waals surface area (Å²) in [5, 5.41) is 6.99. The summed E-state index contributed by atoms with van der Waals surface area (Å²) in [4.78, 5) is 4.66. The summed E-state index contributed by atoms with van der Waals surface area (Å²) in [6, 6.07) is 4.55. The Balaban J connectivity index is 0.00000220. The predicted octanol–water partition coefficient (Wildman–Crippen LogP) is 3.72. The minimum Gasteiger partial charge on any atom is -0.469 e. The van der Waals surface area contributed by atoms with E-state index in [9.17, 15) is 0 Å². The molecule has 0 bridgehead atoms. The Kier molecular flexibility index (Phi) is 9.54. The van der Waals surface area contributed by atoms with Crippen LogP contribution in [0.5, 0.6) is 0 Å². The van der Waals surface area contributed by atoms with Gasteiger partial charge in [0, 0.05) is 25.6 Å². The Hall–Kier alpha value is -0.720. The summed E-state index contributed by atoms with van der Waals surface area (Å²) >= 11 is 0. The van der Waals surface area contributed by atoms with Crippen molar-refractivity contribution >= 4 is 29.9 Å². The van der Waals surface area contributed by atoms with E-state index in [0.717, 1.165) is 37.7 Å². The van der Waals surface area contributed by atoms with Gasteiger partial charge in [0.2, 0.25) is 0 Å². The van der Waals surface area contributed by atoms with Crippen molar-refractivity contribution in [3.8, 4) is 0 Å². The SMILES string of the molecule is CCCCN=C(NCCc1ccco1)NC1CCCC1.I. The number of furan rings is 1. The molecule has 2 rings (SSSR count).